The minimum absolute atomic E-state index is 0.118. The maximum absolute atomic E-state index is 11.8. The summed E-state index contributed by atoms with van der Waals surface area (Å²) in [4.78, 5) is 13.5. The third-order valence-corrected chi connectivity index (χ3v) is 3.04. The fraction of sp³-hybridized carbons (Fsp3) is 0.417. The molecule has 0 atom stereocenters. The Balaban J connectivity index is 1.77. The van der Waals surface area contributed by atoms with Crippen molar-refractivity contribution in [2.75, 3.05) is 26.2 Å². The van der Waals surface area contributed by atoms with Gasteiger partial charge in [0.15, 0.2) is 0 Å². The van der Waals surface area contributed by atoms with Crippen LogP contribution in [-0.2, 0) is 11.3 Å². The van der Waals surface area contributed by atoms with Crippen LogP contribution in [0.25, 0.3) is 0 Å². The van der Waals surface area contributed by atoms with E-state index < -0.39 is 6.09 Å². The molecule has 0 spiro atoms. The SMILES string of the molecule is O=C(OCc1ccccc1)N1CCN([N+]([O-])=NO)CC1. The summed E-state index contributed by atoms with van der Waals surface area (Å²) >= 11 is 0. The molecule has 0 aromatic heterocycles. The molecule has 8 heteroatoms. The van der Waals surface area contributed by atoms with Crippen LogP contribution in [0.15, 0.2) is 35.6 Å². The zero-order chi connectivity index (χ0) is 14.4. The Morgan fingerprint density at radius 3 is 2.55 bits per heavy atom. The molecule has 0 radical (unpaired) electrons. The van der Waals surface area contributed by atoms with Crippen molar-refractivity contribution in [3.8, 4) is 0 Å². The average Bonchev–Trinajstić information content (AvgIpc) is 2.53. The average molecular weight is 280 g/mol. The minimum atomic E-state index is -0.410. The summed E-state index contributed by atoms with van der Waals surface area (Å²) in [6, 6.07) is 9.41. The summed E-state index contributed by atoms with van der Waals surface area (Å²) in [6.45, 7) is 1.52. The summed E-state index contributed by atoms with van der Waals surface area (Å²) in [5.74, 6) is 0. The Hall–Kier alpha value is -2.51. The van der Waals surface area contributed by atoms with Gasteiger partial charge in [0.2, 0.25) is 5.28 Å². The van der Waals surface area contributed by atoms with Crippen LogP contribution in [0.5, 0.6) is 0 Å². The van der Waals surface area contributed by atoms with Gasteiger partial charge in [-0.2, -0.15) is 0 Å². The number of hydrogen-bond donors (Lipinski definition) is 1. The van der Waals surface area contributed by atoms with Crippen LogP contribution < -0.4 is 0 Å². The number of hydrazine groups is 1. The molecule has 0 bridgehead atoms. The first kappa shape index (κ1) is 13.9. The van der Waals surface area contributed by atoms with Crippen molar-refractivity contribution in [1.29, 1.82) is 0 Å². The smallest absolute Gasteiger partial charge is 0.410 e. The Kier molecular flexibility index (Phi) is 4.59. The van der Waals surface area contributed by atoms with Crippen molar-refractivity contribution in [1.82, 2.24) is 9.91 Å². The molecule has 0 aliphatic carbocycles. The first-order valence-electron chi connectivity index (χ1n) is 6.23. The number of rotatable bonds is 3. The second-order valence-electron chi connectivity index (χ2n) is 4.32. The molecule has 2 rings (SSSR count). The van der Waals surface area contributed by atoms with E-state index >= 15 is 0 Å². The van der Waals surface area contributed by atoms with Gasteiger partial charge in [-0.1, -0.05) is 30.3 Å². The lowest BCUT2D eigenvalue weighted by Gasteiger charge is -2.30. The zero-order valence-electron chi connectivity index (χ0n) is 10.9. The monoisotopic (exact) mass is 280 g/mol. The van der Waals surface area contributed by atoms with Crippen LogP contribution >= 0.6 is 0 Å². The van der Waals surface area contributed by atoms with Gasteiger partial charge in [0.05, 0.1) is 18.1 Å². The van der Waals surface area contributed by atoms with Crippen LogP contribution in [0, 0.1) is 5.21 Å². The summed E-state index contributed by atoms with van der Waals surface area (Å²) in [6.07, 6.45) is -0.410. The lowest BCUT2D eigenvalue weighted by atomic mass is 10.2. The molecule has 1 amide bonds. The number of ether oxygens (including phenoxy) is 1. The molecular formula is C12H16N4O4. The second-order valence-corrected chi connectivity index (χ2v) is 4.32. The highest BCUT2D eigenvalue weighted by Gasteiger charge is 2.26. The topological polar surface area (TPSA) is 91.4 Å². The molecule has 0 saturated carbocycles. The third kappa shape index (κ3) is 3.50. The molecule has 108 valence electrons. The van der Waals surface area contributed by atoms with Gasteiger partial charge in [0.1, 0.15) is 6.61 Å². The van der Waals surface area contributed by atoms with Gasteiger partial charge < -0.3 is 20.1 Å². The van der Waals surface area contributed by atoms with E-state index in [0.717, 1.165) is 5.56 Å². The second kappa shape index (κ2) is 6.60. The van der Waals surface area contributed by atoms with Crippen LogP contribution in [0.2, 0.25) is 0 Å². The van der Waals surface area contributed by atoms with Crippen molar-refractivity contribution in [3.05, 3.63) is 41.1 Å². The molecule has 0 unspecified atom stereocenters. The maximum atomic E-state index is 11.8. The number of hydrogen-bond acceptors (Lipinski definition) is 4. The molecule has 1 aliphatic heterocycles. The Labute approximate surface area is 116 Å². The van der Waals surface area contributed by atoms with E-state index in [-0.39, 0.29) is 11.6 Å². The summed E-state index contributed by atoms with van der Waals surface area (Å²) in [7, 11) is 0. The van der Waals surface area contributed by atoms with Gasteiger partial charge in [0.25, 0.3) is 0 Å². The van der Waals surface area contributed by atoms with Crippen molar-refractivity contribution < 1.29 is 19.7 Å². The maximum Gasteiger partial charge on any atom is 0.410 e. The highest BCUT2D eigenvalue weighted by Crippen LogP contribution is 2.07. The van der Waals surface area contributed by atoms with Crippen LogP contribution in [0.4, 0.5) is 4.79 Å². The summed E-state index contributed by atoms with van der Waals surface area (Å²) < 4.78 is 5.19. The van der Waals surface area contributed by atoms with Gasteiger partial charge in [0, 0.05) is 13.1 Å². The third-order valence-electron chi connectivity index (χ3n) is 3.04. The van der Waals surface area contributed by atoms with Crippen molar-refractivity contribution >= 4 is 6.09 Å². The van der Waals surface area contributed by atoms with E-state index in [1.807, 2.05) is 30.3 Å². The van der Waals surface area contributed by atoms with Gasteiger partial charge in [-0.3, -0.25) is 0 Å². The molecule has 8 nitrogen and oxygen atoms in total. The van der Waals surface area contributed by atoms with E-state index in [0.29, 0.717) is 26.2 Å². The first-order valence-corrected chi connectivity index (χ1v) is 6.23. The first-order chi connectivity index (χ1) is 9.70. The van der Waals surface area contributed by atoms with E-state index in [1.165, 1.54) is 9.91 Å². The molecule has 1 heterocycles. The predicted octanol–water partition coefficient (Wildman–Crippen LogP) is 1.21. The van der Waals surface area contributed by atoms with Crippen LogP contribution in [-0.4, -0.2) is 52.4 Å². The lowest BCUT2D eigenvalue weighted by molar-refractivity contribution is -0.711. The van der Waals surface area contributed by atoms with Gasteiger partial charge in [-0.25, -0.2) is 4.79 Å². The van der Waals surface area contributed by atoms with Crippen molar-refractivity contribution in [2.45, 2.75) is 6.61 Å². The number of nitrogens with zero attached hydrogens (tertiary/aromatic N) is 4. The van der Waals surface area contributed by atoms with E-state index in [2.05, 4.69) is 5.28 Å². The van der Waals surface area contributed by atoms with Crippen LogP contribution in [0.1, 0.15) is 5.56 Å². The largest absolute Gasteiger partial charge is 0.569 e. The fourth-order valence-corrected chi connectivity index (χ4v) is 1.92. The molecular weight excluding hydrogens is 264 g/mol. The normalized spacial score (nSPS) is 16.1. The van der Waals surface area contributed by atoms with Gasteiger partial charge in [-0.05, 0) is 5.56 Å². The fourth-order valence-electron chi connectivity index (χ4n) is 1.92. The Bertz CT molecular complexity index is 472. The van der Waals surface area contributed by atoms with E-state index in [4.69, 9.17) is 9.94 Å². The molecule has 1 aromatic rings. The van der Waals surface area contributed by atoms with E-state index in [9.17, 15) is 10.0 Å². The summed E-state index contributed by atoms with van der Waals surface area (Å²) in [5, 5.41) is 23.2. The lowest BCUT2D eigenvalue weighted by Crippen LogP contribution is -2.50. The number of piperazine rings is 1. The minimum Gasteiger partial charge on any atom is -0.569 e. The summed E-state index contributed by atoms with van der Waals surface area (Å²) in [5.41, 5.74) is 0.921. The number of carbonyl (C=O) groups excluding carboxylic acids is 1. The van der Waals surface area contributed by atoms with Gasteiger partial charge >= 0.3 is 6.09 Å². The van der Waals surface area contributed by atoms with Gasteiger partial charge in [-0.15, -0.1) is 5.01 Å². The molecule has 1 aromatic carbocycles. The van der Waals surface area contributed by atoms with Crippen molar-refractivity contribution in [2.24, 2.45) is 5.28 Å². The zero-order valence-corrected chi connectivity index (χ0v) is 10.9. The molecule has 1 fully saturated rings. The standard InChI is InChI=1S/C12H16N4O4/c17-12(20-10-11-4-2-1-3-5-11)14-6-8-15(9-7-14)16(19)13-18/h1-5,18H,6-10H2. The molecule has 1 saturated heterocycles. The molecule has 1 aliphatic rings. The Morgan fingerprint density at radius 2 is 1.95 bits per heavy atom. The Morgan fingerprint density at radius 1 is 1.30 bits per heavy atom. The highest BCUT2D eigenvalue weighted by molar-refractivity contribution is 5.67. The van der Waals surface area contributed by atoms with Crippen molar-refractivity contribution in [3.63, 3.8) is 0 Å². The van der Waals surface area contributed by atoms with Crippen LogP contribution in [0.3, 0.4) is 0 Å². The number of amides is 1. The molecule has 1 N–H and O–H groups in total. The number of carbonyl (C=O) groups is 1. The number of benzene rings is 1. The van der Waals surface area contributed by atoms with E-state index in [1.54, 1.807) is 0 Å². The quantitative estimate of drug-likeness (QED) is 0.510. The molecule has 20 heavy (non-hydrogen) atoms. The predicted molar refractivity (Wildman–Crippen MR) is 67.6 cm³/mol. The highest BCUT2D eigenvalue weighted by atomic mass is 16.6.